The smallest absolute Gasteiger partial charge is 0.238 e. The predicted octanol–water partition coefficient (Wildman–Crippen LogP) is 3.45. The van der Waals surface area contributed by atoms with Gasteiger partial charge in [0, 0.05) is 9.40 Å². The fraction of sp³-hybridized carbons (Fsp3) is 0.235. The van der Waals surface area contributed by atoms with Crippen LogP contribution in [0.15, 0.2) is 53.0 Å². The van der Waals surface area contributed by atoms with Crippen molar-refractivity contribution in [3.05, 3.63) is 74.2 Å². The summed E-state index contributed by atoms with van der Waals surface area (Å²) < 4.78 is 6.48. The monoisotopic (exact) mass is 373 g/mol. The van der Waals surface area contributed by atoms with E-state index in [1.807, 2.05) is 24.3 Å². The molecular weight excluding hydrogens is 362 g/mol. The molecule has 0 N–H and O–H groups in total. The van der Waals surface area contributed by atoms with Crippen molar-refractivity contribution in [3.8, 4) is 5.75 Å². The van der Waals surface area contributed by atoms with Gasteiger partial charge < -0.3 is 4.74 Å². The molecule has 23 heavy (non-hydrogen) atoms. The second kappa shape index (κ2) is 4.89. The number of benzene rings is 2. The lowest BCUT2D eigenvalue weighted by Gasteiger charge is -2.23. The maximum atomic E-state index is 13.0. The lowest BCUT2D eigenvalue weighted by atomic mass is 9.88. The second-order valence-corrected chi connectivity index (χ2v) is 6.74. The number of halogens is 1. The number of carbonyl (C=O) groups excluding carboxylic acids is 1. The van der Waals surface area contributed by atoms with E-state index in [2.05, 4.69) is 15.9 Å². The van der Waals surface area contributed by atoms with E-state index < -0.39 is 17.4 Å². The van der Waals surface area contributed by atoms with Crippen LogP contribution in [0, 0.1) is 15.5 Å². The van der Waals surface area contributed by atoms with Gasteiger partial charge in [0.15, 0.2) is 5.78 Å². The molecule has 1 aliphatic heterocycles. The topological polar surface area (TPSA) is 69.4 Å². The van der Waals surface area contributed by atoms with Crippen molar-refractivity contribution in [2.45, 2.75) is 12.0 Å². The van der Waals surface area contributed by atoms with Crippen LogP contribution in [-0.2, 0) is 0 Å². The first-order chi connectivity index (χ1) is 11.1. The molecule has 1 aliphatic carbocycles. The highest BCUT2D eigenvalue weighted by Gasteiger charge is 2.80. The number of rotatable bonds is 2. The quantitative estimate of drug-likeness (QED) is 0.597. The minimum absolute atomic E-state index is 0.0422. The van der Waals surface area contributed by atoms with Gasteiger partial charge in [-0.1, -0.05) is 46.3 Å². The van der Waals surface area contributed by atoms with Gasteiger partial charge in [0.1, 0.15) is 17.8 Å². The lowest BCUT2D eigenvalue weighted by Crippen LogP contribution is -2.34. The van der Waals surface area contributed by atoms with Gasteiger partial charge in [0.2, 0.25) is 6.04 Å². The average Bonchev–Trinajstić information content (AvgIpc) is 3.22. The van der Waals surface area contributed by atoms with E-state index in [4.69, 9.17) is 4.74 Å². The van der Waals surface area contributed by atoms with E-state index in [0.29, 0.717) is 11.3 Å². The molecule has 1 saturated carbocycles. The zero-order chi connectivity index (χ0) is 16.2. The first-order valence-corrected chi connectivity index (χ1v) is 8.01. The summed E-state index contributed by atoms with van der Waals surface area (Å²) in [6.45, 7) is 0.0422. The highest BCUT2D eigenvalue weighted by Crippen LogP contribution is 2.65. The van der Waals surface area contributed by atoms with Gasteiger partial charge in [-0.25, -0.2) is 0 Å². The molecule has 0 aromatic heterocycles. The number of fused-ring (bicyclic) bond motifs is 1. The summed E-state index contributed by atoms with van der Waals surface area (Å²) in [7, 11) is 0. The van der Waals surface area contributed by atoms with Crippen molar-refractivity contribution in [2.75, 3.05) is 6.61 Å². The number of hydrogen-bond donors (Lipinski definition) is 0. The summed E-state index contributed by atoms with van der Waals surface area (Å²) in [6, 6.07) is 13.3. The molecule has 2 aromatic rings. The lowest BCUT2D eigenvalue weighted by molar-refractivity contribution is -0.502. The summed E-state index contributed by atoms with van der Waals surface area (Å²) >= 11 is 3.44. The minimum atomic E-state index is -1.11. The van der Waals surface area contributed by atoms with Crippen molar-refractivity contribution in [2.24, 2.45) is 5.41 Å². The fourth-order valence-corrected chi connectivity index (χ4v) is 4.18. The van der Waals surface area contributed by atoms with Gasteiger partial charge in [-0.2, -0.15) is 0 Å². The molecule has 2 aliphatic rings. The molecule has 0 unspecified atom stereocenters. The normalized spacial score (nSPS) is 28.1. The summed E-state index contributed by atoms with van der Waals surface area (Å²) in [6.07, 6.45) is 0. The van der Waals surface area contributed by atoms with Gasteiger partial charge in [0.25, 0.3) is 0 Å². The van der Waals surface area contributed by atoms with Crippen LogP contribution < -0.4 is 4.74 Å². The number of ketones is 1. The van der Waals surface area contributed by atoms with Gasteiger partial charge in [-0.3, -0.25) is 14.9 Å². The maximum absolute atomic E-state index is 13.0. The Morgan fingerprint density at radius 1 is 1.17 bits per heavy atom. The van der Waals surface area contributed by atoms with E-state index in [0.717, 1.165) is 10.0 Å². The van der Waals surface area contributed by atoms with Crippen molar-refractivity contribution >= 4 is 21.7 Å². The van der Waals surface area contributed by atoms with Crippen LogP contribution in [0.3, 0.4) is 0 Å². The van der Waals surface area contributed by atoms with Crippen molar-refractivity contribution in [1.82, 2.24) is 0 Å². The number of Topliss-reactive ketones (excluding diaryl/α,β-unsaturated/α-hetero) is 1. The predicted molar refractivity (Wildman–Crippen MR) is 86.4 cm³/mol. The van der Waals surface area contributed by atoms with Crippen LogP contribution in [0.2, 0.25) is 0 Å². The van der Waals surface area contributed by atoms with E-state index in [9.17, 15) is 14.9 Å². The first kappa shape index (κ1) is 14.4. The van der Waals surface area contributed by atoms with Gasteiger partial charge in [0.05, 0.1) is 11.5 Å². The number of carbonyl (C=O) groups is 1. The number of nitro groups is 1. The zero-order valence-electron chi connectivity index (χ0n) is 11.9. The minimum Gasteiger partial charge on any atom is -0.491 e. The summed E-state index contributed by atoms with van der Waals surface area (Å²) in [5.74, 6) is -0.168. The highest BCUT2D eigenvalue weighted by atomic mass is 79.9. The Kier molecular flexibility index (Phi) is 3.06. The molecule has 0 radical (unpaired) electrons. The molecule has 0 saturated heterocycles. The van der Waals surface area contributed by atoms with Gasteiger partial charge in [-0.15, -0.1) is 0 Å². The molecule has 1 fully saturated rings. The Morgan fingerprint density at radius 3 is 2.61 bits per heavy atom. The molecule has 1 spiro atoms. The third-order valence-corrected chi connectivity index (χ3v) is 5.50. The van der Waals surface area contributed by atoms with Crippen LogP contribution in [-0.4, -0.2) is 23.4 Å². The molecule has 1 heterocycles. The third kappa shape index (κ3) is 1.88. The zero-order valence-corrected chi connectivity index (χ0v) is 13.5. The van der Waals surface area contributed by atoms with E-state index in [1.165, 1.54) is 0 Å². The number of nitrogens with zero attached hydrogens (tertiary/aromatic N) is 1. The molecule has 5 nitrogen and oxygen atoms in total. The van der Waals surface area contributed by atoms with Crippen LogP contribution >= 0.6 is 15.9 Å². The van der Waals surface area contributed by atoms with Crippen LogP contribution in [0.1, 0.15) is 21.8 Å². The molecule has 2 aromatic carbocycles. The van der Waals surface area contributed by atoms with Crippen molar-refractivity contribution < 1.29 is 14.5 Å². The molecule has 116 valence electrons. The molecule has 3 atom stereocenters. The fourth-order valence-electron chi connectivity index (χ4n) is 3.65. The second-order valence-electron chi connectivity index (χ2n) is 5.88. The molecule has 0 amide bonds. The summed E-state index contributed by atoms with van der Waals surface area (Å²) in [5.41, 5.74) is 0.104. The Bertz CT molecular complexity index is 837. The maximum Gasteiger partial charge on any atom is 0.238 e. The van der Waals surface area contributed by atoms with Gasteiger partial charge in [-0.05, 0) is 23.8 Å². The molecule has 4 rings (SSSR count). The van der Waals surface area contributed by atoms with Crippen LogP contribution in [0.5, 0.6) is 5.75 Å². The SMILES string of the molecule is O=C1c2ccccc2OC[C@@]12[C@H](c1ccccc1Br)[C@H]2[N+](=O)[O-]. The standard InChI is InChI=1S/C17H12BrNO4/c18-12-7-3-1-5-10(12)14-15(19(21)22)17(14)9-23-13-8-4-2-6-11(13)16(17)20/h1-8,14-15H,9H2/t14-,15-,17+/m1/s1. The molecular formula is C17H12BrNO4. The average molecular weight is 374 g/mol. The molecule has 6 heteroatoms. The first-order valence-electron chi connectivity index (χ1n) is 7.22. The van der Waals surface area contributed by atoms with Gasteiger partial charge >= 0.3 is 0 Å². The van der Waals surface area contributed by atoms with Crippen molar-refractivity contribution in [3.63, 3.8) is 0 Å². The van der Waals surface area contributed by atoms with Crippen LogP contribution in [0.25, 0.3) is 0 Å². The summed E-state index contributed by atoms with van der Waals surface area (Å²) in [5, 5.41) is 11.6. The Morgan fingerprint density at radius 2 is 1.87 bits per heavy atom. The third-order valence-electron chi connectivity index (χ3n) is 4.78. The Balaban J connectivity index is 1.83. The van der Waals surface area contributed by atoms with E-state index in [1.54, 1.807) is 24.3 Å². The largest absolute Gasteiger partial charge is 0.491 e. The van der Waals surface area contributed by atoms with Crippen molar-refractivity contribution in [1.29, 1.82) is 0 Å². The molecule has 0 bridgehead atoms. The van der Waals surface area contributed by atoms with E-state index >= 15 is 0 Å². The Labute approximate surface area is 140 Å². The highest BCUT2D eigenvalue weighted by molar-refractivity contribution is 9.10. The summed E-state index contributed by atoms with van der Waals surface area (Å²) in [4.78, 5) is 24.2. The van der Waals surface area contributed by atoms with Crippen LogP contribution in [0.4, 0.5) is 0 Å². The number of ether oxygens (including phenoxy) is 1. The Hall–Kier alpha value is -2.21. The number of hydrogen-bond acceptors (Lipinski definition) is 4. The van der Waals surface area contributed by atoms with E-state index in [-0.39, 0.29) is 17.3 Å². The number of para-hydroxylation sites is 1.